The van der Waals surface area contributed by atoms with Gasteiger partial charge in [0, 0.05) is 5.02 Å². The zero-order chi connectivity index (χ0) is 13.3. The maximum atomic E-state index is 11.5. The normalized spacial score (nSPS) is 20.2. The van der Waals surface area contributed by atoms with Crippen molar-refractivity contribution >= 4 is 29.5 Å². The number of carboxylic acid groups (broad SMARTS) is 1. The molecule has 7 heteroatoms. The Hall–Kier alpha value is -2.08. The van der Waals surface area contributed by atoms with Crippen LogP contribution in [0.3, 0.4) is 0 Å². The number of hydrogen-bond donors (Lipinski definition) is 3. The molecule has 6 nitrogen and oxygen atoms in total. The second-order valence-corrected chi connectivity index (χ2v) is 4.24. The molecule has 1 aromatic carbocycles. The molecule has 1 saturated heterocycles. The lowest BCUT2D eigenvalue weighted by molar-refractivity contribution is -0.141. The van der Waals surface area contributed by atoms with Crippen molar-refractivity contribution in [1.29, 1.82) is 0 Å². The number of amides is 3. The van der Waals surface area contributed by atoms with Gasteiger partial charge in [-0.25, -0.2) is 4.79 Å². The summed E-state index contributed by atoms with van der Waals surface area (Å²) in [5, 5.41) is 13.9. The van der Waals surface area contributed by atoms with Gasteiger partial charge in [-0.1, -0.05) is 23.7 Å². The molecule has 0 saturated carbocycles. The third-order valence-corrected chi connectivity index (χ3v) is 2.89. The van der Waals surface area contributed by atoms with Crippen molar-refractivity contribution in [2.45, 2.75) is 12.0 Å². The summed E-state index contributed by atoms with van der Waals surface area (Å²) in [6, 6.07) is 4.28. The van der Waals surface area contributed by atoms with E-state index in [0.717, 1.165) is 0 Å². The van der Waals surface area contributed by atoms with Crippen LogP contribution in [0.2, 0.25) is 5.02 Å². The van der Waals surface area contributed by atoms with E-state index in [-0.39, 0.29) is 0 Å². The van der Waals surface area contributed by atoms with Gasteiger partial charge >= 0.3 is 12.0 Å². The van der Waals surface area contributed by atoms with Crippen LogP contribution in [0, 0.1) is 0 Å². The topological polar surface area (TPSA) is 95.5 Å². The first-order valence-electron chi connectivity index (χ1n) is 5.08. The first-order valence-corrected chi connectivity index (χ1v) is 5.46. The second kappa shape index (κ2) is 4.66. The molecule has 0 bridgehead atoms. The summed E-state index contributed by atoms with van der Waals surface area (Å²) in [5.41, 5.74) is 0.397. The monoisotopic (exact) mass is 268 g/mol. The summed E-state index contributed by atoms with van der Waals surface area (Å²) in [6.45, 7) is 0. The summed E-state index contributed by atoms with van der Waals surface area (Å²) < 4.78 is 0. The minimum Gasteiger partial charge on any atom is -0.481 e. The molecule has 0 radical (unpaired) electrons. The molecule has 1 heterocycles. The molecular formula is C11H9ClN2O4. The smallest absolute Gasteiger partial charge is 0.322 e. The SMILES string of the molecule is O=C1NC(=O)[C@H]([C@@H](C(=O)O)c2ccc(Cl)cc2)N1. The van der Waals surface area contributed by atoms with Crippen LogP contribution >= 0.6 is 11.6 Å². The molecule has 2 atom stereocenters. The number of rotatable bonds is 3. The Morgan fingerprint density at radius 3 is 2.33 bits per heavy atom. The quantitative estimate of drug-likeness (QED) is 0.704. The average Bonchev–Trinajstić information content (AvgIpc) is 2.61. The van der Waals surface area contributed by atoms with E-state index in [1.807, 2.05) is 5.32 Å². The van der Waals surface area contributed by atoms with Gasteiger partial charge in [-0.3, -0.25) is 14.9 Å². The third-order valence-electron chi connectivity index (χ3n) is 2.63. The summed E-state index contributed by atoms with van der Waals surface area (Å²) >= 11 is 5.71. The number of urea groups is 1. The van der Waals surface area contributed by atoms with Crippen LogP contribution in [-0.2, 0) is 9.59 Å². The molecule has 3 N–H and O–H groups in total. The Kier molecular flexibility index (Phi) is 3.20. The number of benzene rings is 1. The molecule has 0 unspecified atom stereocenters. The van der Waals surface area contributed by atoms with Gasteiger partial charge in [-0.15, -0.1) is 0 Å². The zero-order valence-corrected chi connectivity index (χ0v) is 9.77. The molecular weight excluding hydrogens is 260 g/mol. The lowest BCUT2D eigenvalue weighted by atomic mass is 9.91. The van der Waals surface area contributed by atoms with E-state index >= 15 is 0 Å². The van der Waals surface area contributed by atoms with Gasteiger partial charge in [-0.2, -0.15) is 0 Å². The Labute approximate surface area is 107 Å². The fourth-order valence-corrected chi connectivity index (χ4v) is 1.94. The van der Waals surface area contributed by atoms with Crippen LogP contribution in [-0.4, -0.2) is 29.1 Å². The maximum absolute atomic E-state index is 11.5. The summed E-state index contributed by atoms with van der Waals surface area (Å²) in [7, 11) is 0. The lowest BCUT2D eigenvalue weighted by Crippen LogP contribution is -2.39. The highest BCUT2D eigenvalue weighted by Gasteiger charge is 2.40. The fourth-order valence-electron chi connectivity index (χ4n) is 1.81. The van der Waals surface area contributed by atoms with Crippen LogP contribution in [0.1, 0.15) is 11.5 Å². The molecule has 1 aliphatic heterocycles. The zero-order valence-electron chi connectivity index (χ0n) is 9.01. The number of hydrogen-bond acceptors (Lipinski definition) is 3. The van der Waals surface area contributed by atoms with Crippen LogP contribution < -0.4 is 10.6 Å². The van der Waals surface area contributed by atoms with E-state index in [1.54, 1.807) is 0 Å². The van der Waals surface area contributed by atoms with Crippen LogP contribution in [0.25, 0.3) is 0 Å². The van der Waals surface area contributed by atoms with Gasteiger partial charge in [0.15, 0.2) is 0 Å². The molecule has 3 amide bonds. The average molecular weight is 269 g/mol. The number of nitrogens with one attached hydrogen (secondary N) is 2. The van der Waals surface area contributed by atoms with E-state index < -0.39 is 29.9 Å². The third kappa shape index (κ3) is 2.28. The van der Waals surface area contributed by atoms with E-state index in [0.29, 0.717) is 10.6 Å². The summed E-state index contributed by atoms with van der Waals surface area (Å²) in [6.07, 6.45) is 0. The van der Waals surface area contributed by atoms with Gasteiger partial charge in [0.2, 0.25) is 0 Å². The first-order chi connectivity index (χ1) is 8.49. The standard InChI is InChI=1S/C11H9ClN2O4/c12-6-3-1-5(2-4-6)7(10(16)17)8-9(15)14-11(18)13-8/h1-4,7-8H,(H,16,17)(H2,13,14,15,18)/t7-,8-/m0/s1. The fraction of sp³-hybridized carbons (Fsp3) is 0.182. The van der Waals surface area contributed by atoms with E-state index in [2.05, 4.69) is 5.32 Å². The van der Waals surface area contributed by atoms with Crippen LogP contribution in [0.5, 0.6) is 0 Å². The Morgan fingerprint density at radius 1 is 1.28 bits per heavy atom. The number of imide groups is 1. The summed E-state index contributed by atoms with van der Waals surface area (Å²) in [5.74, 6) is -2.99. The van der Waals surface area contributed by atoms with Gasteiger partial charge in [0.05, 0.1) is 0 Å². The highest BCUT2D eigenvalue weighted by atomic mass is 35.5. The van der Waals surface area contributed by atoms with Gasteiger partial charge in [-0.05, 0) is 17.7 Å². The van der Waals surface area contributed by atoms with Crippen molar-refractivity contribution < 1.29 is 19.5 Å². The predicted molar refractivity (Wildman–Crippen MR) is 62.3 cm³/mol. The Balaban J connectivity index is 2.34. The Morgan fingerprint density at radius 2 is 1.89 bits per heavy atom. The molecule has 1 aliphatic rings. The Bertz CT molecular complexity index is 514. The molecule has 0 spiro atoms. The molecule has 0 aliphatic carbocycles. The minimum absolute atomic E-state index is 0.397. The molecule has 1 aromatic rings. The molecule has 94 valence electrons. The maximum Gasteiger partial charge on any atom is 0.322 e. The van der Waals surface area contributed by atoms with Crippen LogP contribution in [0.4, 0.5) is 4.79 Å². The number of halogens is 1. The number of carbonyl (C=O) groups is 3. The van der Waals surface area contributed by atoms with Crippen molar-refractivity contribution in [3.63, 3.8) is 0 Å². The second-order valence-electron chi connectivity index (χ2n) is 3.81. The largest absolute Gasteiger partial charge is 0.481 e. The first kappa shape index (κ1) is 12.4. The van der Waals surface area contributed by atoms with E-state index in [9.17, 15) is 19.5 Å². The highest BCUT2D eigenvalue weighted by Crippen LogP contribution is 2.23. The van der Waals surface area contributed by atoms with Crippen molar-refractivity contribution in [1.82, 2.24) is 10.6 Å². The lowest BCUT2D eigenvalue weighted by Gasteiger charge is -2.17. The van der Waals surface area contributed by atoms with Crippen LogP contribution in [0.15, 0.2) is 24.3 Å². The molecule has 1 fully saturated rings. The van der Waals surface area contributed by atoms with Crippen molar-refractivity contribution in [3.05, 3.63) is 34.9 Å². The predicted octanol–water partition coefficient (Wildman–Crippen LogP) is 0.716. The highest BCUT2D eigenvalue weighted by molar-refractivity contribution is 6.30. The molecule has 2 rings (SSSR count). The van der Waals surface area contributed by atoms with Crippen molar-refractivity contribution in [2.75, 3.05) is 0 Å². The van der Waals surface area contributed by atoms with Gasteiger partial charge in [0.25, 0.3) is 5.91 Å². The number of carboxylic acids is 1. The molecule has 18 heavy (non-hydrogen) atoms. The van der Waals surface area contributed by atoms with Gasteiger partial charge in [0.1, 0.15) is 12.0 Å². The van der Waals surface area contributed by atoms with Crippen molar-refractivity contribution in [2.24, 2.45) is 0 Å². The molecule has 0 aromatic heterocycles. The van der Waals surface area contributed by atoms with E-state index in [1.165, 1.54) is 24.3 Å². The number of carbonyl (C=O) groups excluding carboxylic acids is 2. The number of aliphatic carboxylic acids is 1. The van der Waals surface area contributed by atoms with E-state index in [4.69, 9.17) is 11.6 Å². The van der Waals surface area contributed by atoms with Gasteiger partial charge < -0.3 is 10.4 Å². The minimum atomic E-state index is -1.19. The van der Waals surface area contributed by atoms with Crippen molar-refractivity contribution in [3.8, 4) is 0 Å². The summed E-state index contributed by atoms with van der Waals surface area (Å²) in [4.78, 5) is 33.8.